The molecule has 0 aliphatic carbocycles. The van der Waals surface area contributed by atoms with Gasteiger partial charge in [-0.05, 0) is 59.6 Å². The summed E-state index contributed by atoms with van der Waals surface area (Å²) < 4.78 is 6.16. The van der Waals surface area contributed by atoms with Gasteiger partial charge in [0.25, 0.3) is 0 Å². The molecule has 32 heavy (non-hydrogen) atoms. The van der Waals surface area contributed by atoms with E-state index in [1.54, 1.807) is 11.8 Å². The number of allylic oxidation sites excluding steroid dienone is 1. The monoisotopic (exact) mass is 531 g/mol. The van der Waals surface area contributed by atoms with Crippen molar-refractivity contribution in [2.24, 2.45) is 5.41 Å². The average molecular weight is 532 g/mol. The molecule has 4 rings (SSSR count). The lowest BCUT2D eigenvalue weighted by atomic mass is 9.91. The van der Waals surface area contributed by atoms with Crippen molar-refractivity contribution < 1.29 is 9.84 Å². The summed E-state index contributed by atoms with van der Waals surface area (Å²) in [4.78, 5) is 1.39. The number of hydrogen-bond acceptors (Lipinski definition) is 8. The van der Waals surface area contributed by atoms with Crippen LogP contribution in [0, 0.1) is 5.41 Å². The van der Waals surface area contributed by atoms with Crippen molar-refractivity contribution in [1.29, 1.82) is 0 Å². The SMILES string of the molecule is CC1(C)CSSC1CNCC(O)C1CCc2cc3c(cc2O1)CSS3.CCC/C=C/SC. The van der Waals surface area contributed by atoms with Gasteiger partial charge in [0.15, 0.2) is 0 Å². The molecular formula is C24H37NO2S5. The van der Waals surface area contributed by atoms with Crippen LogP contribution in [0.1, 0.15) is 51.2 Å². The Balaban J connectivity index is 0.000000360. The van der Waals surface area contributed by atoms with Crippen molar-refractivity contribution in [3.05, 3.63) is 34.7 Å². The molecule has 180 valence electrons. The number of hydrogen-bond donors (Lipinski definition) is 2. The first kappa shape index (κ1) is 27.0. The smallest absolute Gasteiger partial charge is 0.126 e. The lowest BCUT2D eigenvalue weighted by Gasteiger charge is -2.31. The summed E-state index contributed by atoms with van der Waals surface area (Å²) in [6.07, 6.45) is 8.10. The highest BCUT2D eigenvalue weighted by atomic mass is 33.1. The third-order valence-corrected chi connectivity index (χ3v) is 12.2. The minimum atomic E-state index is -0.452. The normalized spacial score (nSPS) is 24.4. The molecule has 0 amide bonds. The van der Waals surface area contributed by atoms with Gasteiger partial charge in [-0.1, -0.05) is 76.4 Å². The highest BCUT2D eigenvalue weighted by Crippen LogP contribution is 2.49. The number of aliphatic hydroxyl groups is 1. The van der Waals surface area contributed by atoms with Crippen LogP contribution in [0.4, 0.5) is 0 Å². The fourth-order valence-electron chi connectivity index (χ4n) is 3.71. The Hall–Kier alpha value is 0.430. The van der Waals surface area contributed by atoms with Crippen molar-refractivity contribution in [3.63, 3.8) is 0 Å². The minimum Gasteiger partial charge on any atom is -0.487 e. The van der Waals surface area contributed by atoms with Gasteiger partial charge in [0.2, 0.25) is 0 Å². The molecule has 3 heterocycles. The van der Waals surface area contributed by atoms with E-state index in [0.29, 0.717) is 17.2 Å². The lowest BCUT2D eigenvalue weighted by Crippen LogP contribution is -2.44. The number of aryl methyl sites for hydroxylation is 1. The molecule has 1 aromatic carbocycles. The molecule has 3 aliphatic heterocycles. The van der Waals surface area contributed by atoms with Crippen molar-refractivity contribution in [3.8, 4) is 5.75 Å². The molecule has 1 aromatic rings. The number of aliphatic hydroxyl groups excluding tert-OH is 1. The molecule has 0 bridgehead atoms. The third kappa shape index (κ3) is 7.72. The zero-order valence-corrected chi connectivity index (χ0v) is 23.7. The second-order valence-corrected chi connectivity index (χ2v) is 14.7. The Morgan fingerprint density at radius 3 is 2.88 bits per heavy atom. The van der Waals surface area contributed by atoms with E-state index in [2.05, 4.69) is 56.0 Å². The van der Waals surface area contributed by atoms with E-state index in [-0.39, 0.29) is 6.10 Å². The van der Waals surface area contributed by atoms with E-state index in [1.807, 2.05) is 43.2 Å². The zero-order valence-electron chi connectivity index (χ0n) is 19.6. The first-order chi connectivity index (χ1) is 15.4. The highest BCUT2D eigenvalue weighted by molar-refractivity contribution is 8.77. The number of thioether (sulfide) groups is 1. The van der Waals surface area contributed by atoms with E-state index in [1.165, 1.54) is 34.6 Å². The molecule has 3 nitrogen and oxygen atoms in total. The first-order valence-electron chi connectivity index (χ1n) is 11.4. The largest absolute Gasteiger partial charge is 0.487 e. The third-order valence-electron chi connectivity index (χ3n) is 5.87. The Labute approximate surface area is 214 Å². The summed E-state index contributed by atoms with van der Waals surface area (Å²) in [5, 5.41) is 16.8. The topological polar surface area (TPSA) is 41.5 Å². The van der Waals surface area contributed by atoms with Crippen LogP contribution >= 0.6 is 54.9 Å². The minimum absolute atomic E-state index is 0.0987. The standard InChI is InChI=1S/C18H25NO2S4.C6H12S/c1-18(2)10-23-25-17(18)8-19-7-13(20)14-4-3-11-6-16-12(9-22-24-16)5-15(11)21-14;1-3-4-5-6-7-2/h5-6,13-14,17,19-20H,3-4,7-10H2,1-2H3;5-6H,3-4H2,1-2H3/b;6-5+. The van der Waals surface area contributed by atoms with E-state index >= 15 is 0 Å². The second kappa shape index (κ2) is 13.5. The van der Waals surface area contributed by atoms with Crippen LogP contribution in [0.15, 0.2) is 28.5 Å². The fourth-order valence-corrected chi connectivity index (χ4v) is 10.5. The maximum Gasteiger partial charge on any atom is 0.126 e. The number of rotatable bonds is 8. The summed E-state index contributed by atoms with van der Waals surface area (Å²) >= 11 is 1.76. The highest BCUT2D eigenvalue weighted by Gasteiger charge is 2.36. The summed E-state index contributed by atoms with van der Waals surface area (Å²) in [5.74, 6) is 3.25. The number of benzene rings is 1. The maximum absolute atomic E-state index is 10.6. The first-order valence-corrected chi connectivity index (χ1v) is 17.4. The molecule has 1 fully saturated rings. The van der Waals surface area contributed by atoms with Gasteiger partial charge in [-0.3, -0.25) is 0 Å². The zero-order chi connectivity index (χ0) is 23.0. The summed E-state index contributed by atoms with van der Waals surface area (Å²) in [5.41, 5.74) is 3.04. The van der Waals surface area contributed by atoms with Crippen molar-refractivity contribution >= 4 is 54.9 Å². The van der Waals surface area contributed by atoms with E-state index in [4.69, 9.17) is 4.74 Å². The van der Waals surface area contributed by atoms with Crippen LogP contribution in [0.25, 0.3) is 0 Å². The van der Waals surface area contributed by atoms with Gasteiger partial charge in [0.1, 0.15) is 18.0 Å². The van der Waals surface area contributed by atoms with Crippen LogP contribution in [0.5, 0.6) is 5.75 Å². The van der Waals surface area contributed by atoms with Crippen molar-refractivity contribution in [2.75, 3.05) is 25.1 Å². The van der Waals surface area contributed by atoms with Crippen LogP contribution in [-0.2, 0) is 12.2 Å². The Kier molecular flexibility index (Phi) is 11.4. The lowest BCUT2D eigenvalue weighted by molar-refractivity contribution is 0.0243. The van der Waals surface area contributed by atoms with Gasteiger partial charge < -0.3 is 15.2 Å². The van der Waals surface area contributed by atoms with Crippen LogP contribution in [0.2, 0.25) is 0 Å². The van der Waals surface area contributed by atoms with Gasteiger partial charge >= 0.3 is 0 Å². The molecule has 0 saturated carbocycles. The van der Waals surface area contributed by atoms with E-state index < -0.39 is 6.10 Å². The molecular weight excluding hydrogens is 495 g/mol. The molecule has 3 unspecified atom stereocenters. The molecule has 0 spiro atoms. The summed E-state index contributed by atoms with van der Waals surface area (Å²) in [6.45, 7) is 8.41. The molecule has 2 N–H and O–H groups in total. The molecule has 0 radical (unpaired) electrons. The summed E-state index contributed by atoms with van der Waals surface area (Å²) in [7, 11) is 7.70. The Morgan fingerprint density at radius 2 is 2.16 bits per heavy atom. The molecule has 0 aromatic heterocycles. The number of nitrogens with one attached hydrogen (secondary N) is 1. The molecule has 3 aliphatic rings. The van der Waals surface area contributed by atoms with Crippen LogP contribution < -0.4 is 10.1 Å². The van der Waals surface area contributed by atoms with E-state index in [0.717, 1.165) is 30.9 Å². The number of unbranched alkanes of at least 4 members (excludes halogenated alkanes) is 1. The van der Waals surface area contributed by atoms with Gasteiger partial charge in [-0.2, -0.15) is 0 Å². The molecule has 3 atom stereocenters. The van der Waals surface area contributed by atoms with E-state index in [9.17, 15) is 5.11 Å². The Bertz CT molecular complexity index is 758. The molecule has 1 saturated heterocycles. The van der Waals surface area contributed by atoms with Gasteiger partial charge in [0.05, 0.1) is 0 Å². The number of fused-ring (bicyclic) bond motifs is 2. The predicted molar refractivity (Wildman–Crippen MR) is 150 cm³/mol. The van der Waals surface area contributed by atoms with Gasteiger partial charge in [0, 0.05) is 34.7 Å². The molecule has 8 heteroatoms. The average Bonchev–Trinajstić information content (AvgIpc) is 3.37. The quantitative estimate of drug-likeness (QED) is 0.346. The van der Waals surface area contributed by atoms with Gasteiger partial charge in [-0.15, -0.1) is 11.8 Å². The Morgan fingerprint density at radius 1 is 1.31 bits per heavy atom. The van der Waals surface area contributed by atoms with Gasteiger partial charge in [-0.25, -0.2) is 0 Å². The predicted octanol–water partition coefficient (Wildman–Crippen LogP) is 7.04. The fraction of sp³-hybridized carbons (Fsp3) is 0.667. The second-order valence-electron chi connectivity index (χ2n) is 9.07. The summed E-state index contributed by atoms with van der Waals surface area (Å²) in [6, 6.07) is 4.48. The van der Waals surface area contributed by atoms with Crippen LogP contribution in [0.3, 0.4) is 0 Å². The number of ether oxygens (including phenoxy) is 1. The van der Waals surface area contributed by atoms with Crippen molar-refractivity contribution in [2.45, 2.75) is 74.6 Å². The van der Waals surface area contributed by atoms with Crippen LogP contribution in [-0.4, -0.2) is 47.7 Å². The van der Waals surface area contributed by atoms with Crippen molar-refractivity contribution in [1.82, 2.24) is 5.32 Å². The maximum atomic E-state index is 10.6.